The number of thiazole rings is 1. The second-order valence-electron chi connectivity index (χ2n) is 3.89. The maximum absolute atomic E-state index is 7.50. The smallest absolute Gasteiger partial charge is 0.237 e. The fraction of sp³-hybridized carbons (Fsp3) is 0.273. The minimum absolute atomic E-state index is 0.112. The van der Waals surface area contributed by atoms with Gasteiger partial charge in [0.1, 0.15) is 0 Å². The van der Waals surface area contributed by atoms with Crippen molar-refractivity contribution < 1.29 is 0 Å². The summed E-state index contributed by atoms with van der Waals surface area (Å²) in [5.74, 6) is 0.112. The zero-order valence-electron chi connectivity index (χ0n) is 9.93. The van der Waals surface area contributed by atoms with Crippen molar-refractivity contribution in [3.63, 3.8) is 0 Å². The molecule has 1 N–H and O–H groups in total. The van der Waals surface area contributed by atoms with E-state index in [2.05, 4.69) is 21.3 Å². The van der Waals surface area contributed by atoms with Gasteiger partial charge in [-0.2, -0.15) is 0 Å². The van der Waals surface area contributed by atoms with Crippen LogP contribution >= 0.6 is 11.3 Å². The standard InChI is InChI=1S/C11H13N5S/c1-7-4-5-8-9(6-7)17-11(13-8)15-14-10(12)16(2)3/h4-6,12H,1-3H3/b12-10?,15-14+. The Bertz CT molecular complexity index is 585. The fourth-order valence-corrected chi connectivity index (χ4v) is 2.13. The van der Waals surface area contributed by atoms with Crippen LogP contribution < -0.4 is 0 Å². The first-order valence-corrected chi connectivity index (χ1v) is 5.93. The molecule has 1 aromatic heterocycles. The first-order valence-electron chi connectivity index (χ1n) is 5.11. The van der Waals surface area contributed by atoms with Crippen molar-refractivity contribution >= 4 is 32.6 Å². The number of guanidine groups is 1. The number of rotatable bonds is 1. The molecule has 1 aromatic carbocycles. The van der Waals surface area contributed by atoms with Gasteiger partial charge in [0.2, 0.25) is 11.1 Å². The lowest BCUT2D eigenvalue weighted by molar-refractivity contribution is 0.605. The lowest BCUT2D eigenvalue weighted by Gasteiger charge is -2.05. The van der Waals surface area contributed by atoms with Crippen LogP contribution in [0.25, 0.3) is 10.2 Å². The highest BCUT2D eigenvalue weighted by Crippen LogP contribution is 2.28. The summed E-state index contributed by atoms with van der Waals surface area (Å²) in [6.07, 6.45) is 0. The van der Waals surface area contributed by atoms with Gasteiger partial charge in [-0.1, -0.05) is 17.4 Å². The number of nitrogens with one attached hydrogen (secondary N) is 1. The molecule has 5 nitrogen and oxygen atoms in total. The van der Waals surface area contributed by atoms with E-state index in [1.807, 2.05) is 19.1 Å². The molecule has 2 rings (SSSR count). The van der Waals surface area contributed by atoms with Crippen molar-refractivity contribution in [3.8, 4) is 0 Å². The molecule has 0 atom stereocenters. The topological polar surface area (TPSA) is 64.7 Å². The number of hydrogen-bond donors (Lipinski definition) is 1. The van der Waals surface area contributed by atoms with E-state index in [1.165, 1.54) is 16.9 Å². The average molecular weight is 247 g/mol. The van der Waals surface area contributed by atoms with Crippen LogP contribution in [0.15, 0.2) is 28.4 Å². The Labute approximate surface area is 103 Å². The highest BCUT2D eigenvalue weighted by atomic mass is 32.1. The predicted octanol–water partition coefficient (Wildman–Crippen LogP) is 3.18. The predicted molar refractivity (Wildman–Crippen MR) is 70.3 cm³/mol. The third-order valence-electron chi connectivity index (χ3n) is 2.19. The lowest BCUT2D eigenvalue weighted by Crippen LogP contribution is -2.17. The van der Waals surface area contributed by atoms with Crippen molar-refractivity contribution in [1.82, 2.24) is 9.88 Å². The number of aromatic nitrogens is 1. The third kappa shape index (κ3) is 2.65. The SMILES string of the molecule is Cc1ccc2nc(/N=N/C(=N)N(C)C)sc2c1. The summed E-state index contributed by atoms with van der Waals surface area (Å²) in [6.45, 7) is 2.04. The van der Waals surface area contributed by atoms with Gasteiger partial charge in [-0.15, -0.1) is 10.2 Å². The van der Waals surface area contributed by atoms with Crippen LogP contribution in [0.4, 0.5) is 5.13 Å². The molecular weight excluding hydrogens is 234 g/mol. The zero-order valence-corrected chi connectivity index (χ0v) is 10.7. The maximum atomic E-state index is 7.50. The molecule has 0 unspecified atom stereocenters. The molecule has 6 heteroatoms. The van der Waals surface area contributed by atoms with Crippen molar-refractivity contribution in [2.75, 3.05) is 14.1 Å². The Hall–Kier alpha value is -1.82. The van der Waals surface area contributed by atoms with E-state index in [0.717, 1.165) is 10.2 Å². The second kappa shape index (κ2) is 4.58. The summed E-state index contributed by atoms with van der Waals surface area (Å²) < 4.78 is 1.09. The molecule has 0 aliphatic rings. The molecular formula is C11H13N5S. The molecule has 0 bridgehead atoms. The van der Waals surface area contributed by atoms with Gasteiger partial charge in [-0.05, 0) is 24.6 Å². The molecule has 0 amide bonds. The summed E-state index contributed by atoms with van der Waals surface area (Å²) >= 11 is 1.48. The monoisotopic (exact) mass is 247 g/mol. The summed E-state index contributed by atoms with van der Waals surface area (Å²) in [5.41, 5.74) is 2.12. The summed E-state index contributed by atoms with van der Waals surface area (Å²) in [6, 6.07) is 6.06. The van der Waals surface area contributed by atoms with Gasteiger partial charge in [0.25, 0.3) is 0 Å². The van der Waals surface area contributed by atoms with Gasteiger partial charge < -0.3 is 4.90 Å². The summed E-state index contributed by atoms with van der Waals surface area (Å²) in [7, 11) is 3.51. The highest BCUT2D eigenvalue weighted by Gasteiger charge is 2.03. The van der Waals surface area contributed by atoms with Gasteiger partial charge in [-0.3, -0.25) is 5.41 Å². The maximum Gasteiger partial charge on any atom is 0.237 e. The highest BCUT2D eigenvalue weighted by molar-refractivity contribution is 7.21. The lowest BCUT2D eigenvalue weighted by atomic mass is 10.2. The number of benzene rings is 1. The molecule has 1 heterocycles. The van der Waals surface area contributed by atoms with Crippen LogP contribution in [0.2, 0.25) is 0 Å². The number of fused-ring (bicyclic) bond motifs is 1. The number of azo groups is 1. The first-order chi connectivity index (χ1) is 8.06. The summed E-state index contributed by atoms with van der Waals surface area (Å²) in [5, 5.41) is 15.8. The van der Waals surface area contributed by atoms with Crippen molar-refractivity contribution in [2.24, 2.45) is 10.2 Å². The van der Waals surface area contributed by atoms with Crippen LogP contribution in [0.3, 0.4) is 0 Å². The third-order valence-corrected chi connectivity index (χ3v) is 3.09. The quantitative estimate of drug-likeness (QED) is 0.478. The molecule has 0 aliphatic carbocycles. The minimum atomic E-state index is 0.112. The number of aryl methyl sites for hydroxylation is 1. The van der Waals surface area contributed by atoms with E-state index in [4.69, 9.17) is 5.41 Å². The number of nitrogens with zero attached hydrogens (tertiary/aromatic N) is 4. The van der Waals surface area contributed by atoms with Gasteiger partial charge in [0, 0.05) is 14.1 Å². The Morgan fingerprint density at radius 2 is 2.18 bits per heavy atom. The molecule has 0 saturated heterocycles. The van der Waals surface area contributed by atoms with Crippen molar-refractivity contribution in [3.05, 3.63) is 23.8 Å². The Morgan fingerprint density at radius 3 is 2.88 bits per heavy atom. The van der Waals surface area contributed by atoms with Crippen molar-refractivity contribution in [1.29, 1.82) is 5.41 Å². The van der Waals surface area contributed by atoms with Crippen LogP contribution in [-0.2, 0) is 0 Å². The Morgan fingerprint density at radius 1 is 1.41 bits per heavy atom. The molecule has 0 saturated carbocycles. The number of hydrogen-bond acceptors (Lipinski definition) is 4. The average Bonchev–Trinajstić information content (AvgIpc) is 2.67. The molecule has 88 valence electrons. The van der Waals surface area contributed by atoms with E-state index >= 15 is 0 Å². The fourth-order valence-electron chi connectivity index (χ4n) is 1.24. The zero-order chi connectivity index (χ0) is 12.4. The first kappa shape index (κ1) is 11.7. The van der Waals surface area contributed by atoms with Gasteiger partial charge >= 0.3 is 0 Å². The largest absolute Gasteiger partial charge is 0.346 e. The van der Waals surface area contributed by atoms with Crippen LogP contribution in [0.5, 0.6) is 0 Å². The van der Waals surface area contributed by atoms with Gasteiger partial charge in [-0.25, -0.2) is 4.98 Å². The van der Waals surface area contributed by atoms with Gasteiger partial charge in [0.15, 0.2) is 0 Å². The van der Waals surface area contributed by atoms with Crippen molar-refractivity contribution in [2.45, 2.75) is 6.92 Å². The van der Waals surface area contributed by atoms with E-state index in [-0.39, 0.29) is 5.96 Å². The molecule has 2 aromatic rings. The van der Waals surface area contributed by atoms with Crippen LogP contribution in [0.1, 0.15) is 5.56 Å². The van der Waals surface area contributed by atoms with Crippen LogP contribution in [-0.4, -0.2) is 29.9 Å². The van der Waals surface area contributed by atoms with E-state index in [1.54, 1.807) is 19.0 Å². The Kier molecular flexibility index (Phi) is 3.14. The second-order valence-corrected chi connectivity index (χ2v) is 4.89. The molecule has 0 spiro atoms. The molecule has 0 radical (unpaired) electrons. The minimum Gasteiger partial charge on any atom is -0.346 e. The van der Waals surface area contributed by atoms with E-state index < -0.39 is 0 Å². The molecule has 17 heavy (non-hydrogen) atoms. The summed E-state index contributed by atoms with van der Waals surface area (Å²) in [4.78, 5) is 5.91. The van der Waals surface area contributed by atoms with E-state index in [0.29, 0.717) is 5.13 Å². The Balaban J connectivity index is 2.28. The van der Waals surface area contributed by atoms with Crippen LogP contribution in [0, 0.1) is 12.3 Å². The molecule has 0 aliphatic heterocycles. The van der Waals surface area contributed by atoms with E-state index in [9.17, 15) is 0 Å². The normalized spacial score (nSPS) is 11.2. The molecule has 0 fully saturated rings. The van der Waals surface area contributed by atoms with Gasteiger partial charge in [0.05, 0.1) is 10.2 Å².